The van der Waals surface area contributed by atoms with Gasteiger partial charge in [0.15, 0.2) is 5.82 Å². The maximum atomic E-state index is 12.3. The first kappa shape index (κ1) is 19.8. The number of H-pyrrole nitrogens is 1. The van der Waals surface area contributed by atoms with Crippen molar-refractivity contribution in [3.05, 3.63) is 53.0 Å². The molecule has 1 saturated carbocycles. The van der Waals surface area contributed by atoms with Crippen molar-refractivity contribution in [1.82, 2.24) is 20.5 Å². The van der Waals surface area contributed by atoms with Gasteiger partial charge in [-0.25, -0.2) is 0 Å². The normalized spacial score (nSPS) is 14.4. The molecule has 1 heterocycles. The molecule has 0 radical (unpaired) electrons. The molecule has 148 valence electrons. The van der Waals surface area contributed by atoms with Crippen LogP contribution in [0.1, 0.15) is 44.2 Å². The minimum Gasteiger partial charge on any atom is -0.490 e. The summed E-state index contributed by atoms with van der Waals surface area (Å²) in [6.45, 7) is 4.01. The van der Waals surface area contributed by atoms with Crippen LogP contribution >= 0.6 is 0 Å². The van der Waals surface area contributed by atoms with Crippen molar-refractivity contribution in [3.63, 3.8) is 0 Å². The van der Waals surface area contributed by atoms with Crippen LogP contribution in [0.2, 0.25) is 0 Å². The van der Waals surface area contributed by atoms with Gasteiger partial charge in [-0.2, -0.15) is 0 Å². The van der Waals surface area contributed by atoms with Crippen molar-refractivity contribution in [1.29, 1.82) is 0 Å². The van der Waals surface area contributed by atoms with E-state index in [9.17, 15) is 9.59 Å². The first-order chi connectivity index (χ1) is 13.7. The van der Waals surface area contributed by atoms with Gasteiger partial charge >= 0.3 is 0 Å². The van der Waals surface area contributed by atoms with Gasteiger partial charge in [0.05, 0.1) is 0 Å². The highest BCUT2D eigenvalue weighted by atomic mass is 16.5. The lowest BCUT2D eigenvalue weighted by molar-refractivity contribution is -0.122. The number of carbonyl (C=O) groups is 1. The second-order valence-corrected chi connectivity index (χ2v) is 6.98. The second kappa shape index (κ2) is 9.82. The number of amides is 1. The van der Waals surface area contributed by atoms with Gasteiger partial charge in [-0.1, -0.05) is 44.1 Å². The molecule has 7 nitrogen and oxygen atoms in total. The number of ether oxygens (including phenoxy) is 1. The van der Waals surface area contributed by atoms with Crippen molar-refractivity contribution in [2.45, 2.75) is 51.0 Å². The Kier molecular flexibility index (Phi) is 6.94. The molecule has 0 unspecified atom stereocenters. The van der Waals surface area contributed by atoms with E-state index in [0.717, 1.165) is 25.7 Å². The van der Waals surface area contributed by atoms with Crippen molar-refractivity contribution >= 4 is 5.91 Å². The molecule has 2 N–H and O–H groups in total. The van der Waals surface area contributed by atoms with Crippen molar-refractivity contribution in [2.75, 3.05) is 6.61 Å². The molecular weight excluding hydrogens is 356 g/mol. The van der Waals surface area contributed by atoms with Crippen LogP contribution in [0.4, 0.5) is 0 Å². The fourth-order valence-corrected chi connectivity index (χ4v) is 3.32. The molecule has 0 spiro atoms. The molecule has 0 aliphatic heterocycles. The van der Waals surface area contributed by atoms with Gasteiger partial charge in [-0.05, 0) is 25.0 Å². The fraction of sp³-hybridized carbons (Fsp3) is 0.429. The van der Waals surface area contributed by atoms with Crippen molar-refractivity contribution in [2.24, 2.45) is 0 Å². The van der Waals surface area contributed by atoms with Gasteiger partial charge in [0, 0.05) is 24.4 Å². The van der Waals surface area contributed by atoms with Crippen LogP contribution in [0, 0.1) is 0 Å². The number of nitrogens with one attached hydrogen (secondary N) is 2. The molecule has 0 atom stereocenters. The van der Waals surface area contributed by atoms with E-state index < -0.39 is 0 Å². The first-order valence-electron chi connectivity index (χ1n) is 9.75. The maximum absolute atomic E-state index is 12.3. The maximum Gasteiger partial charge on any atom is 0.273 e. The molecule has 7 heteroatoms. The summed E-state index contributed by atoms with van der Waals surface area (Å²) in [5, 5.41) is 11.2. The molecule has 1 amide bonds. The Morgan fingerprint density at radius 3 is 2.86 bits per heavy atom. The molecule has 2 aromatic rings. The third kappa shape index (κ3) is 5.52. The van der Waals surface area contributed by atoms with E-state index in [0.29, 0.717) is 23.7 Å². The summed E-state index contributed by atoms with van der Waals surface area (Å²) in [5.74, 6) is 0.984. The van der Waals surface area contributed by atoms with E-state index in [1.807, 2.05) is 18.2 Å². The molecule has 1 fully saturated rings. The average Bonchev–Trinajstić information content (AvgIpc) is 2.72. The van der Waals surface area contributed by atoms with Gasteiger partial charge in [0.1, 0.15) is 18.1 Å². The standard InChI is InChI=1S/C21H26N4O3/c1-2-13-28-17-10-6-7-15(14-17)20-23-21(27)18(24-25-20)11-12-19(26)22-16-8-4-3-5-9-16/h2,6-7,10,14,16H,1,3-5,8-9,11-13H2,(H,22,26)(H,23,25,27). The smallest absolute Gasteiger partial charge is 0.273 e. The number of aromatic nitrogens is 3. The zero-order valence-corrected chi connectivity index (χ0v) is 15.9. The van der Waals surface area contributed by atoms with Crippen molar-refractivity contribution in [3.8, 4) is 17.1 Å². The van der Waals surface area contributed by atoms with E-state index in [1.165, 1.54) is 6.42 Å². The van der Waals surface area contributed by atoms with E-state index in [-0.39, 0.29) is 36.0 Å². The largest absolute Gasteiger partial charge is 0.490 e. The summed E-state index contributed by atoms with van der Waals surface area (Å²) in [5.41, 5.74) is 0.641. The molecule has 1 aromatic heterocycles. The van der Waals surface area contributed by atoms with Crippen LogP contribution < -0.4 is 15.6 Å². The minimum atomic E-state index is -0.326. The van der Waals surface area contributed by atoms with Crippen LogP contribution in [0.3, 0.4) is 0 Å². The summed E-state index contributed by atoms with van der Waals surface area (Å²) < 4.78 is 5.50. The minimum absolute atomic E-state index is 0.0377. The number of carbonyl (C=O) groups excluding carboxylic acids is 1. The van der Waals surface area contributed by atoms with E-state index in [1.54, 1.807) is 12.1 Å². The highest BCUT2D eigenvalue weighted by molar-refractivity contribution is 5.76. The second-order valence-electron chi connectivity index (χ2n) is 6.98. The molecule has 3 rings (SSSR count). The predicted octanol–water partition coefficient (Wildman–Crippen LogP) is 2.78. The quantitative estimate of drug-likeness (QED) is 0.684. The zero-order valence-electron chi connectivity index (χ0n) is 15.9. The summed E-state index contributed by atoms with van der Waals surface area (Å²) in [6.07, 6.45) is 7.81. The summed E-state index contributed by atoms with van der Waals surface area (Å²) in [7, 11) is 0. The van der Waals surface area contributed by atoms with Crippen LogP contribution in [-0.4, -0.2) is 33.7 Å². The Hall–Kier alpha value is -2.96. The number of aryl methyl sites for hydroxylation is 1. The molecule has 28 heavy (non-hydrogen) atoms. The number of hydrogen-bond donors (Lipinski definition) is 2. The number of nitrogens with zero attached hydrogens (tertiary/aromatic N) is 2. The van der Waals surface area contributed by atoms with Crippen LogP contribution in [0.5, 0.6) is 5.75 Å². The van der Waals surface area contributed by atoms with Gasteiger partial charge in [-0.15, -0.1) is 10.2 Å². The van der Waals surface area contributed by atoms with E-state index in [2.05, 4.69) is 27.1 Å². The van der Waals surface area contributed by atoms with Crippen LogP contribution in [0.15, 0.2) is 41.7 Å². The first-order valence-corrected chi connectivity index (χ1v) is 9.75. The lowest BCUT2D eigenvalue weighted by atomic mass is 9.95. The van der Waals surface area contributed by atoms with Crippen molar-refractivity contribution < 1.29 is 9.53 Å². The number of benzene rings is 1. The lowest BCUT2D eigenvalue weighted by Gasteiger charge is -2.22. The monoisotopic (exact) mass is 382 g/mol. The number of rotatable bonds is 8. The Morgan fingerprint density at radius 2 is 2.11 bits per heavy atom. The zero-order chi connectivity index (χ0) is 19.8. The molecular formula is C21H26N4O3. The van der Waals surface area contributed by atoms with Gasteiger partial charge in [0.2, 0.25) is 5.91 Å². The number of aromatic amines is 1. The summed E-state index contributed by atoms with van der Waals surface area (Å²) in [4.78, 5) is 27.2. The Bertz CT molecular complexity index is 872. The predicted molar refractivity (Wildman–Crippen MR) is 107 cm³/mol. The Morgan fingerprint density at radius 1 is 1.29 bits per heavy atom. The summed E-state index contributed by atoms with van der Waals surface area (Å²) in [6, 6.07) is 7.50. The number of hydrogen-bond acceptors (Lipinski definition) is 5. The molecule has 0 bridgehead atoms. The van der Waals surface area contributed by atoms with Crippen LogP contribution in [0.25, 0.3) is 11.4 Å². The average molecular weight is 382 g/mol. The third-order valence-electron chi connectivity index (χ3n) is 4.80. The Balaban J connectivity index is 1.60. The van der Waals surface area contributed by atoms with Gasteiger partial charge < -0.3 is 15.0 Å². The molecule has 0 saturated heterocycles. The Labute approximate surface area is 164 Å². The SMILES string of the molecule is C=CCOc1cccc(-c2nnc(CCC(=O)NC3CCCCC3)c(=O)[nH]2)c1. The fourth-order valence-electron chi connectivity index (χ4n) is 3.32. The molecule has 1 aliphatic rings. The van der Waals surface area contributed by atoms with E-state index >= 15 is 0 Å². The van der Waals surface area contributed by atoms with E-state index in [4.69, 9.17) is 4.74 Å². The highest BCUT2D eigenvalue weighted by Crippen LogP contribution is 2.20. The highest BCUT2D eigenvalue weighted by Gasteiger charge is 2.16. The summed E-state index contributed by atoms with van der Waals surface area (Å²) >= 11 is 0. The van der Waals surface area contributed by atoms with Gasteiger partial charge in [-0.3, -0.25) is 9.59 Å². The molecule has 1 aliphatic carbocycles. The lowest BCUT2D eigenvalue weighted by Crippen LogP contribution is -2.36. The van der Waals surface area contributed by atoms with Crippen LogP contribution in [-0.2, 0) is 11.2 Å². The topological polar surface area (TPSA) is 97.0 Å². The van der Waals surface area contributed by atoms with Gasteiger partial charge in [0.25, 0.3) is 5.56 Å². The molecule has 1 aromatic carbocycles. The third-order valence-corrected chi connectivity index (χ3v) is 4.80.